The molecule has 0 unspecified atom stereocenters. The minimum Gasteiger partial charge on any atom is -0.378 e. The molecule has 1 aromatic carbocycles. The van der Waals surface area contributed by atoms with Gasteiger partial charge in [0.15, 0.2) is 0 Å². The lowest BCUT2D eigenvalue weighted by atomic mass is 10.0. The van der Waals surface area contributed by atoms with Gasteiger partial charge in [-0.3, -0.25) is 10.2 Å². The summed E-state index contributed by atoms with van der Waals surface area (Å²) in [5, 5.41) is 5.85. The second-order valence-electron chi connectivity index (χ2n) is 6.16. The maximum absolute atomic E-state index is 12.4. The summed E-state index contributed by atoms with van der Waals surface area (Å²) < 4.78 is 5.05. The molecule has 3 rings (SSSR count). The van der Waals surface area contributed by atoms with Gasteiger partial charge in [0.1, 0.15) is 12.1 Å². The molecule has 1 aromatic heterocycles. The molecule has 1 saturated heterocycles. The molecule has 132 valence electrons. The van der Waals surface area contributed by atoms with Gasteiger partial charge < -0.3 is 10.1 Å². The fourth-order valence-electron chi connectivity index (χ4n) is 3.25. The molecular weight excluding hydrogens is 318 g/mol. The number of likely N-dealkylation sites (tertiary alicyclic amines) is 1. The lowest BCUT2D eigenvalue weighted by Gasteiger charge is -2.26. The van der Waals surface area contributed by atoms with Gasteiger partial charge in [0.05, 0.1) is 24.4 Å². The first-order valence-corrected chi connectivity index (χ1v) is 8.30. The number of nitrogens with zero attached hydrogens (tertiary/aromatic N) is 3. The SMILES string of the molecule is COCc1cc(NC(=O)N[C@@H]2CCN(C)[C@H]2c2ccccc2)ncn1. The molecule has 0 aliphatic carbocycles. The fourth-order valence-corrected chi connectivity index (χ4v) is 3.25. The molecule has 0 bridgehead atoms. The van der Waals surface area contributed by atoms with Gasteiger partial charge in [0, 0.05) is 19.7 Å². The number of hydrogen-bond acceptors (Lipinski definition) is 5. The van der Waals surface area contributed by atoms with Crippen LogP contribution in [0.15, 0.2) is 42.7 Å². The Morgan fingerprint density at radius 2 is 2.12 bits per heavy atom. The maximum atomic E-state index is 12.4. The summed E-state index contributed by atoms with van der Waals surface area (Å²) in [5.41, 5.74) is 1.92. The van der Waals surface area contributed by atoms with Gasteiger partial charge in [-0.15, -0.1) is 0 Å². The van der Waals surface area contributed by atoms with Gasteiger partial charge >= 0.3 is 6.03 Å². The lowest BCUT2D eigenvalue weighted by Crippen LogP contribution is -2.41. The number of rotatable bonds is 5. The molecule has 7 nitrogen and oxygen atoms in total. The van der Waals surface area contributed by atoms with Crippen molar-refractivity contribution < 1.29 is 9.53 Å². The Kier molecular flexibility index (Phi) is 5.57. The highest BCUT2D eigenvalue weighted by atomic mass is 16.5. The highest BCUT2D eigenvalue weighted by Crippen LogP contribution is 2.30. The van der Waals surface area contributed by atoms with E-state index in [1.165, 1.54) is 11.9 Å². The number of carbonyl (C=O) groups is 1. The Hall–Kier alpha value is -2.51. The third-order valence-corrected chi connectivity index (χ3v) is 4.36. The van der Waals surface area contributed by atoms with Crippen LogP contribution in [-0.2, 0) is 11.3 Å². The number of carbonyl (C=O) groups excluding carboxylic acids is 1. The van der Waals surface area contributed by atoms with E-state index in [0.29, 0.717) is 12.4 Å². The number of aromatic nitrogens is 2. The number of urea groups is 1. The molecule has 0 spiro atoms. The topological polar surface area (TPSA) is 79.4 Å². The summed E-state index contributed by atoms with van der Waals surface area (Å²) in [6, 6.07) is 11.9. The Bertz CT molecular complexity index is 710. The molecule has 2 atom stereocenters. The first-order valence-electron chi connectivity index (χ1n) is 8.30. The standard InChI is InChI=1S/C18H23N5O2/c1-23-9-8-15(17(23)13-6-4-3-5-7-13)21-18(24)22-16-10-14(11-25-2)19-12-20-16/h3-7,10,12,15,17H,8-9,11H2,1-2H3,(H2,19,20,21,22,24)/t15-,17+/m1/s1. The maximum Gasteiger partial charge on any atom is 0.320 e. The van der Waals surface area contributed by atoms with Crippen LogP contribution in [0.2, 0.25) is 0 Å². The molecule has 1 aliphatic heterocycles. The van der Waals surface area contributed by atoms with Gasteiger partial charge in [0.25, 0.3) is 0 Å². The number of nitrogens with one attached hydrogen (secondary N) is 2. The third kappa shape index (κ3) is 4.32. The van der Waals surface area contributed by atoms with Gasteiger partial charge in [-0.05, 0) is 19.0 Å². The van der Waals surface area contributed by atoms with E-state index in [1.807, 2.05) is 18.2 Å². The van der Waals surface area contributed by atoms with E-state index in [4.69, 9.17) is 4.74 Å². The van der Waals surface area contributed by atoms with Crippen LogP contribution in [0.3, 0.4) is 0 Å². The number of amides is 2. The number of likely N-dealkylation sites (N-methyl/N-ethyl adjacent to an activating group) is 1. The van der Waals surface area contributed by atoms with Crippen molar-refractivity contribution in [2.24, 2.45) is 0 Å². The quantitative estimate of drug-likeness (QED) is 0.871. The second-order valence-corrected chi connectivity index (χ2v) is 6.16. The zero-order valence-electron chi connectivity index (χ0n) is 14.5. The monoisotopic (exact) mass is 341 g/mol. The van der Waals surface area contributed by atoms with Crippen LogP contribution < -0.4 is 10.6 Å². The number of ether oxygens (including phenoxy) is 1. The summed E-state index contributed by atoms with van der Waals surface area (Å²) in [6.07, 6.45) is 2.32. The first kappa shape index (κ1) is 17.3. The molecule has 7 heteroatoms. The summed E-state index contributed by atoms with van der Waals surface area (Å²) in [5.74, 6) is 0.460. The summed E-state index contributed by atoms with van der Waals surface area (Å²) in [4.78, 5) is 22.8. The van der Waals surface area contributed by atoms with E-state index in [9.17, 15) is 4.79 Å². The van der Waals surface area contributed by atoms with Crippen LogP contribution >= 0.6 is 0 Å². The van der Waals surface area contributed by atoms with E-state index >= 15 is 0 Å². The molecule has 0 saturated carbocycles. The molecule has 2 aromatic rings. The molecule has 0 radical (unpaired) electrons. The lowest BCUT2D eigenvalue weighted by molar-refractivity contribution is 0.181. The smallest absolute Gasteiger partial charge is 0.320 e. The zero-order valence-corrected chi connectivity index (χ0v) is 14.5. The highest BCUT2D eigenvalue weighted by molar-refractivity contribution is 5.88. The van der Waals surface area contributed by atoms with Gasteiger partial charge in [-0.1, -0.05) is 30.3 Å². The molecule has 2 heterocycles. The second kappa shape index (κ2) is 8.04. The predicted molar refractivity (Wildman–Crippen MR) is 95.1 cm³/mol. The first-order chi connectivity index (χ1) is 12.2. The molecule has 1 fully saturated rings. The average molecular weight is 341 g/mol. The Labute approximate surface area is 147 Å². The zero-order chi connectivity index (χ0) is 17.6. The largest absolute Gasteiger partial charge is 0.378 e. The van der Waals surface area contributed by atoms with Crippen LogP contribution in [-0.4, -0.2) is 47.6 Å². The van der Waals surface area contributed by atoms with Crippen LogP contribution in [0, 0.1) is 0 Å². The van der Waals surface area contributed by atoms with Crippen LogP contribution in [0.25, 0.3) is 0 Å². The van der Waals surface area contributed by atoms with Crippen molar-refractivity contribution in [3.63, 3.8) is 0 Å². The minimum absolute atomic E-state index is 0.0488. The third-order valence-electron chi connectivity index (χ3n) is 4.36. The van der Waals surface area contributed by atoms with Gasteiger partial charge in [-0.2, -0.15) is 0 Å². The fraction of sp³-hybridized carbons (Fsp3) is 0.389. The van der Waals surface area contributed by atoms with Crippen molar-refractivity contribution in [1.29, 1.82) is 0 Å². The number of anilines is 1. The van der Waals surface area contributed by atoms with Crippen molar-refractivity contribution in [3.05, 3.63) is 54.0 Å². The number of methoxy groups -OCH3 is 1. The van der Waals surface area contributed by atoms with E-state index < -0.39 is 0 Å². The Morgan fingerprint density at radius 3 is 2.88 bits per heavy atom. The van der Waals surface area contributed by atoms with Gasteiger partial charge in [0.2, 0.25) is 0 Å². The van der Waals surface area contributed by atoms with Crippen molar-refractivity contribution in [3.8, 4) is 0 Å². The Balaban J connectivity index is 1.65. The number of hydrogen-bond donors (Lipinski definition) is 2. The van der Waals surface area contributed by atoms with E-state index in [2.05, 4.69) is 44.7 Å². The summed E-state index contributed by atoms with van der Waals surface area (Å²) in [7, 11) is 3.68. The summed E-state index contributed by atoms with van der Waals surface area (Å²) >= 11 is 0. The highest BCUT2D eigenvalue weighted by Gasteiger charge is 2.33. The summed E-state index contributed by atoms with van der Waals surface area (Å²) in [6.45, 7) is 1.32. The van der Waals surface area contributed by atoms with Crippen molar-refractivity contribution >= 4 is 11.8 Å². The van der Waals surface area contributed by atoms with Crippen molar-refractivity contribution in [1.82, 2.24) is 20.2 Å². The molecule has 25 heavy (non-hydrogen) atoms. The van der Waals surface area contributed by atoms with E-state index in [0.717, 1.165) is 18.7 Å². The van der Waals surface area contributed by atoms with Crippen LogP contribution in [0.4, 0.5) is 10.6 Å². The van der Waals surface area contributed by atoms with Crippen molar-refractivity contribution in [2.45, 2.75) is 25.1 Å². The van der Waals surface area contributed by atoms with Crippen LogP contribution in [0.5, 0.6) is 0 Å². The average Bonchev–Trinajstić information content (AvgIpc) is 2.96. The van der Waals surface area contributed by atoms with Crippen molar-refractivity contribution in [2.75, 3.05) is 26.0 Å². The van der Waals surface area contributed by atoms with E-state index in [-0.39, 0.29) is 18.1 Å². The molecule has 2 amide bonds. The van der Waals surface area contributed by atoms with E-state index in [1.54, 1.807) is 13.2 Å². The minimum atomic E-state index is -0.261. The van der Waals surface area contributed by atoms with Gasteiger partial charge in [-0.25, -0.2) is 14.8 Å². The molecular formula is C18H23N5O2. The predicted octanol–water partition coefficient (Wildman–Crippen LogP) is 2.19. The molecule has 1 aliphatic rings. The number of benzene rings is 1. The van der Waals surface area contributed by atoms with Crippen LogP contribution in [0.1, 0.15) is 23.7 Å². The molecule has 2 N–H and O–H groups in total. The normalized spacial score (nSPS) is 20.4. The Morgan fingerprint density at radius 1 is 1.32 bits per heavy atom.